The zero-order valence-corrected chi connectivity index (χ0v) is 10.4. The molecule has 0 N–H and O–H groups in total. The fraction of sp³-hybridized carbons (Fsp3) is 0. The van der Waals surface area contributed by atoms with Crippen LogP contribution in [0.3, 0.4) is 0 Å². The third kappa shape index (κ3) is 2.13. The maximum atomic E-state index is 13.1. The summed E-state index contributed by atoms with van der Waals surface area (Å²) in [5.41, 5.74) is 0.141. The summed E-state index contributed by atoms with van der Waals surface area (Å²) < 4.78 is 18.4. The van der Waals surface area contributed by atoms with Crippen molar-refractivity contribution in [1.29, 1.82) is 0 Å². The lowest BCUT2D eigenvalue weighted by atomic mass is 10.1. The fourth-order valence-corrected chi connectivity index (χ4v) is 2.11. The summed E-state index contributed by atoms with van der Waals surface area (Å²) in [6, 6.07) is 13.1. The van der Waals surface area contributed by atoms with Crippen molar-refractivity contribution in [3.8, 4) is 11.3 Å². The van der Waals surface area contributed by atoms with Gasteiger partial charge >= 0.3 is 5.63 Å². The molecule has 0 bridgehead atoms. The fourth-order valence-electron chi connectivity index (χ4n) is 1.93. The van der Waals surface area contributed by atoms with Crippen LogP contribution >= 0.6 is 11.6 Å². The van der Waals surface area contributed by atoms with Gasteiger partial charge in [0.05, 0.1) is 10.4 Å². The highest BCUT2D eigenvalue weighted by molar-refractivity contribution is 6.31. The molecular weight excluding hydrogens is 267 g/mol. The first-order valence-corrected chi connectivity index (χ1v) is 6.01. The average molecular weight is 275 g/mol. The van der Waals surface area contributed by atoms with Gasteiger partial charge in [0.15, 0.2) is 0 Å². The molecular formula is C15H8ClFO2. The smallest absolute Gasteiger partial charge is 0.344 e. The van der Waals surface area contributed by atoms with Crippen LogP contribution in [0.5, 0.6) is 0 Å². The van der Waals surface area contributed by atoms with Crippen molar-refractivity contribution in [2.75, 3.05) is 0 Å². The summed E-state index contributed by atoms with van der Waals surface area (Å²) in [6.45, 7) is 0. The molecule has 0 aliphatic carbocycles. The standard InChI is InChI=1S/C15H8ClFO2/c16-12-7-10(5-6-13(12)17)14-8-9-3-1-2-4-11(9)15(18)19-14/h1-8H. The Hall–Kier alpha value is -2.13. The molecule has 0 atom stereocenters. The topological polar surface area (TPSA) is 30.2 Å². The number of hydrogen-bond acceptors (Lipinski definition) is 2. The lowest BCUT2D eigenvalue weighted by Crippen LogP contribution is -1.99. The summed E-state index contributed by atoms with van der Waals surface area (Å²) in [7, 11) is 0. The lowest BCUT2D eigenvalue weighted by Gasteiger charge is -2.03. The molecule has 3 aromatic rings. The third-order valence-electron chi connectivity index (χ3n) is 2.87. The Bertz CT molecular complexity index is 824. The molecule has 2 aromatic carbocycles. The van der Waals surface area contributed by atoms with Gasteiger partial charge in [-0.05, 0) is 35.7 Å². The van der Waals surface area contributed by atoms with E-state index >= 15 is 0 Å². The molecule has 0 unspecified atom stereocenters. The summed E-state index contributed by atoms with van der Waals surface area (Å²) in [4.78, 5) is 11.9. The minimum atomic E-state index is -0.506. The second-order valence-corrected chi connectivity index (χ2v) is 4.52. The molecule has 1 heterocycles. The van der Waals surface area contributed by atoms with E-state index < -0.39 is 11.4 Å². The number of benzene rings is 2. The van der Waals surface area contributed by atoms with Crippen LogP contribution in [0.25, 0.3) is 22.1 Å². The van der Waals surface area contributed by atoms with Gasteiger partial charge in [-0.15, -0.1) is 0 Å². The van der Waals surface area contributed by atoms with E-state index in [-0.39, 0.29) is 5.02 Å². The molecule has 2 nitrogen and oxygen atoms in total. The van der Waals surface area contributed by atoms with E-state index in [1.807, 2.05) is 12.1 Å². The van der Waals surface area contributed by atoms with E-state index in [9.17, 15) is 9.18 Å². The van der Waals surface area contributed by atoms with Crippen molar-refractivity contribution in [3.05, 3.63) is 69.8 Å². The molecule has 0 aliphatic rings. The van der Waals surface area contributed by atoms with Crippen molar-refractivity contribution in [2.24, 2.45) is 0 Å². The van der Waals surface area contributed by atoms with Gasteiger partial charge in [0.25, 0.3) is 0 Å². The highest BCUT2D eigenvalue weighted by atomic mass is 35.5. The maximum Gasteiger partial charge on any atom is 0.344 e. The van der Waals surface area contributed by atoms with Gasteiger partial charge in [0.1, 0.15) is 11.6 Å². The maximum absolute atomic E-state index is 13.1. The molecule has 0 radical (unpaired) electrons. The molecule has 94 valence electrons. The van der Waals surface area contributed by atoms with E-state index in [1.165, 1.54) is 18.2 Å². The van der Waals surface area contributed by atoms with Gasteiger partial charge in [-0.2, -0.15) is 0 Å². The van der Waals surface area contributed by atoms with Crippen LogP contribution in [0.4, 0.5) is 4.39 Å². The van der Waals surface area contributed by atoms with Gasteiger partial charge in [-0.25, -0.2) is 9.18 Å². The minimum Gasteiger partial charge on any atom is -0.422 e. The number of hydrogen-bond donors (Lipinski definition) is 0. The molecule has 0 fully saturated rings. The lowest BCUT2D eigenvalue weighted by molar-refractivity contribution is 0.534. The van der Waals surface area contributed by atoms with E-state index in [2.05, 4.69) is 0 Å². The average Bonchev–Trinajstić information content (AvgIpc) is 2.42. The first kappa shape index (κ1) is 11.9. The number of rotatable bonds is 1. The van der Waals surface area contributed by atoms with Crippen LogP contribution in [-0.4, -0.2) is 0 Å². The molecule has 19 heavy (non-hydrogen) atoms. The molecule has 0 saturated carbocycles. The molecule has 3 rings (SSSR count). The van der Waals surface area contributed by atoms with Crippen LogP contribution in [-0.2, 0) is 0 Å². The van der Waals surface area contributed by atoms with Crippen molar-refractivity contribution in [3.63, 3.8) is 0 Å². The van der Waals surface area contributed by atoms with Crippen LogP contribution < -0.4 is 5.63 Å². The summed E-state index contributed by atoms with van der Waals surface area (Å²) >= 11 is 5.73. The Morgan fingerprint density at radius 2 is 1.84 bits per heavy atom. The van der Waals surface area contributed by atoms with Gasteiger partial charge in [-0.3, -0.25) is 0 Å². The summed E-state index contributed by atoms with van der Waals surface area (Å²) in [6.07, 6.45) is 0. The Morgan fingerprint density at radius 3 is 2.63 bits per heavy atom. The highest BCUT2D eigenvalue weighted by Gasteiger charge is 2.08. The third-order valence-corrected chi connectivity index (χ3v) is 3.16. The zero-order chi connectivity index (χ0) is 13.4. The normalized spacial score (nSPS) is 10.8. The zero-order valence-electron chi connectivity index (χ0n) is 9.69. The van der Waals surface area contributed by atoms with Crippen LogP contribution in [0.2, 0.25) is 5.02 Å². The van der Waals surface area contributed by atoms with Crippen LogP contribution in [0.15, 0.2) is 57.7 Å². The summed E-state index contributed by atoms with van der Waals surface area (Å²) in [5.74, 6) is -0.140. The molecule has 0 aliphatic heterocycles. The van der Waals surface area contributed by atoms with Gasteiger partial charge in [-0.1, -0.05) is 29.8 Å². The SMILES string of the molecule is O=c1oc(-c2ccc(F)c(Cl)c2)cc2ccccc12. The predicted molar refractivity (Wildman–Crippen MR) is 72.9 cm³/mol. The Balaban J connectivity index is 2.25. The first-order chi connectivity index (χ1) is 9.15. The van der Waals surface area contributed by atoms with E-state index in [0.717, 1.165) is 5.39 Å². The predicted octanol–water partition coefficient (Wildman–Crippen LogP) is 4.25. The molecule has 1 aromatic heterocycles. The van der Waals surface area contributed by atoms with E-state index in [1.54, 1.807) is 18.2 Å². The van der Waals surface area contributed by atoms with Crippen LogP contribution in [0.1, 0.15) is 0 Å². The quantitative estimate of drug-likeness (QED) is 0.664. The molecule has 0 saturated heterocycles. The Labute approximate surface area is 113 Å². The van der Waals surface area contributed by atoms with Crippen LogP contribution in [0, 0.1) is 5.82 Å². The van der Waals surface area contributed by atoms with Crippen molar-refractivity contribution in [1.82, 2.24) is 0 Å². The largest absolute Gasteiger partial charge is 0.422 e. The van der Waals surface area contributed by atoms with Crippen molar-refractivity contribution >= 4 is 22.4 Å². The molecule has 4 heteroatoms. The molecule has 0 spiro atoms. The van der Waals surface area contributed by atoms with E-state index in [4.69, 9.17) is 16.0 Å². The second-order valence-electron chi connectivity index (χ2n) is 4.11. The monoisotopic (exact) mass is 274 g/mol. The van der Waals surface area contributed by atoms with Crippen molar-refractivity contribution < 1.29 is 8.81 Å². The van der Waals surface area contributed by atoms with Gasteiger partial charge in [0.2, 0.25) is 0 Å². The van der Waals surface area contributed by atoms with Gasteiger partial charge < -0.3 is 4.42 Å². The summed E-state index contributed by atoms with van der Waals surface area (Å²) in [5, 5.41) is 1.28. The van der Waals surface area contributed by atoms with Gasteiger partial charge in [0, 0.05) is 5.56 Å². The Kier molecular flexibility index (Phi) is 2.84. The highest BCUT2D eigenvalue weighted by Crippen LogP contribution is 2.26. The molecule has 0 amide bonds. The first-order valence-electron chi connectivity index (χ1n) is 5.63. The second kappa shape index (κ2) is 4.52. The Morgan fingerprint density at radius 1 is 1.05 bits per heavy atom. The van der Waals surface area contributed by atoms with Crippen molar-refractivity contribution in [2.45, 2.75) is 0 Å². The number of fused-ring (bicyclic) bond motifs is 1. The minimum absolute atomic E-state index is 0.00620. The van der Waals surface area contributed by atoms with E-state index in [0.29, 0.717) is 16.7 Å². The number of halogens is 2.